The third kappa shape index (κ3) is 6.58. The number of rotatable bonds is 9. The Bertz CT molecular complexity index is 2190. The molecule has 18 heteroatoms. The molecule has 1 aromatic heterocycles. The Morgan fingerprint density at radius 3 is 1.93 bits per heavy atom. The van der Waals surface area contributed by atoms with Gasteiger partial charge in [0.25, 0.3) is 11.5 Å². The van der Waals surface area contributed by atoms with Crippen LogP contribution >= 0.6 is 0 Å². The van der Waals surface area contributed by atoms with Crippen molar-refractivity contribution in [1.29, 1.82) is 0 Å². The van der Waals surface area contributed by atoms with Crippen LogP contribution in [0.5, 0.6) is 0 Å². The molecule has 2 aromatic carbocycles. The summed E-state index contributed by atoms with van der Waals surface area (Å²) >= 11 is 0. The average molecular weight is 657 g/mol. The number of amides is 1. The van der Waals surface area contributed by atoms with Crippen LogP contribution in [0.4, 0.5) is 5.69 Å². The Morgan fingerprint density at radius 2 is 1.40 bits per heavy atom. The molecule has 0 spiro atoms. The van der Waals surface area contributed by atoms with Crippen LogP contribution in [0.25, 0.3) is 11.8 Å². The molecule has 0 saturated heterocycles. The summed E-state index contributed by atoms with van der Waals surface area (Å²) in [7, 11) is -10.1. The lowest BCUT2D eigenvalue weighted by Crippen LogP contribution is -2.24. The molecule has 0 unspecified atom stereocenters. The number of carbonyl (C=O) groups is 3. The van der Waals surface area contributed by atoms with E-state index in [0.29, 0.717) is 20.8 Å². The van der Waals surface area contributed by atoms with E-state index in [1.54, 1.807) is 13.8 Å². The lowest BCUT2D eigenvalue weighted by atomic mass is 10.1. The summed E-state index contributed by atoms with van der Waals surface area (Å²) in [6.45, 7) is 3.09. The molecule has 3 N–H and O–H groups in total. The van der Waals surface area contributed by atoms with Crippen LogP contribution in [0.3, 0.4) is 0 Å². The van der Waals surface area contributed by atoms with Gasteiger partial charge in [-0.15, -0.1) is 0 Å². The van der Waals surface area contributed by atoms with E-state index in [1.807, 2.05) is 0 Å². The number of nitrogens with one attached hydrogen (secondary N) is 1. The molecule has 3 aromatic rings. The van der Waals surface area contributed by atoms with Crippen molar-refractivity contribution in [2.45, 2.75) is 23.6 Å². The third-order valence-corrected chi connectivity index (χ3v) is 7.97. The number of aromatic amines is 1. The SMILES string of the molecule is Cc1ccc(S(=O)(=O)[O-])c(N2N=C(C(=O)O)/C(=C/C=C/C=C/c3c(C(=O)O)[nH]n(-c4cc(C)ccc4S(=O)(=O)[O-])c3=O)C2=O)c1. The first kappa shape index (κ1) is 32.5. The van der Waals surface area contributed by atoms with Crippen molar-refractivity contribution in [3.63, 3.8) is 0 Å². The van der Waals surface area contributed by atoms with Gasteiger partial charge in [-0.3, -0.25) is 14.7 Å². The molecule has 0 aliphatic carbocycles. The van der Waals surface area contributed by atoms with Crippen LogP contribution in [-0.2, 0) is 29.8 Å². The molecular weight excluding hydrogens is 636 g/mol. The van der Waals surface area contributed by atoms with Crippen molar-refractivity contribution in [2.24, 2.45) is 5.10 Å². The topological polar surface area (TPSA) is 259 Å². The number of hydrogen-bond donors (Lipinski definition) is 3. The quantitative estimate of drug-likeness (QED) is 0.167. The van der Waals surface area contributed by atoms with Crippen molar-refractivity contribution in [2.75, 3.05) is 5.01 Å². The summed E-state index contributed by atoms with van der Waals surface area (Å²) in [5.74, 6) is -4.30. The number of benzene rings is 2. The van der Waals surface area contributed by atoms with Gasteiger partial charge in [0.05, 0.1) is 32.3 Å². The Hall–Kier alpha value is -5.43. The van der Waals surface area contributed by atoms with Crippen LogP contribution in [0.2, 0.25) is 0 Å². The molecule has 0 fully saturated rings. The second kappa shape index (κ2) is 11.9. The number of aliphatic carboxylic acids is 1. The van der Waals surface area contributed by atoms with Crippen LogP contribution in [0.1, 0.15) is 27.2 Å². The zero-order valence-corrected chi connectivity index (χ0v) is 24.6. The number of carbonyl (C=O) groups excluding carboxylic acids is 1. The molecule has 16 nitrogen and oxygen atoms in total. The van der Waals surface area contributed by atoms with E-state index in [9.17, 15) is 55.3 Å². The van der Waals surface area contributed by atoms with Gasteiger partial charge < -0.3 is 19.3 Å². The van der Waals surface area contributed by atoms with Gasteiger partial charge in [0, 0.05) is 0 Å². The molecule has 0 radical (unpaired) electrons. The molecule has 0 saturated carbocycles. The highest BCUT2D eigenvalue weighted by Crippen LogP contribution is 2.31. The smallest absolute Gasteiger partial charge is 0.357 e. The fourth-order valence-corrected chi connectivity index (χ4v) is 5.49. The number of hydrogen-bond acceptors (Lipinski definition) is 11. The first-order chi connectivity index (χ1) is 20.9. The maximum absolute atomic E-state index is 13.1. The second-order valence-electron chi connectivity index (χ2n) is 9.39. The van der Waals surface area contributed by atoms with E-state index in [4.69, 9.17) is 0 Å². The summed E-state index contributed by atoms with van der Waals surface area (Å²) < 4.78 is 71.1. The summed E-state index contributed by atoms with van der Waals surface area (Å²) in [6.07, 6.45) is 5.51. The third-order valence-electron chi connectivity index (χ3n) is 6.21. The predicted octanol–water partition coefficient (Wildman–Crippen LogP) is 1.27. The maximum Gasteiger partial charge on any atom is 0.357 e. The normalized spacial score (nSPS) is 15.0. The number of nitrogens with zero attached hydrogens (tertiary/aromatic N) is 3. The van der Waals surface area contributed by atoms with Gasteiger partial charge in [0.2, 0.25) is 0 Å². The molecule has 0 atom stereocenters. The first-order valence-corrected chi connectivity index (χ1v) is 15.2. The average Bonchev–Trinajstić information content (AvgIpc) is 3.43. The van der Waals surface area contributed by atoms with E-state index >= 15 is 0 Å². The number of allylic oxidation sites excluding steroid dienone is 4. The van der Waals surface area contributed by atoms with Crippen molar-refractivity contribution in [1.82, 2.24) is 9.78 Å². The number of H-pyrrole nitrogens is 1. The van der Waals surface area contributed by atoms with Crippen molar-refractivity contribution >= 4 is 55.6 Å². The van der Waals surface area contributed by atoms with Gasteiger partial charge in [0.1, 0.15) is 20.2 Å². The fraction of sp³-hybridized carbons (Fsp3) is 0.0741. The number of anilines is 1. The van der Waals surface area contributed by atoms with E-state index < -0.39 is 87.3 Å². The lowest BCUT2D eigenvalue weighted by Gasteiger charge is -2.18. The molecule has 0 bridgehead atoms. The predicted molar refractivity (Wildman–Crippen MR) is 154 cm³/mol. The Balaban J connectivity index is 1.71. The molecular formula is C27H20N4O12S2-2. The Labute approximate surface area is 254 Å². The number of carboxylic acids is 2. The van der Waals surface area contributed by atoms with E-state index in [0.717, 1.165) is 36.4 Å². The molecule has 1 aliphatic heterocycles. The second-order valence-corrected chi connectivity index (χ2v) is 12.1. The van der Waals surface area contributed by atoms with Crippen molar-refractivity contribution in [3.05, 3.63) is 99.0 Å². The minimum absolute atomic E-state index is 0.399. The molecule has 1 amide bonds. The lowest BCUT2D eigenvalue weighted by molar-refractivity contribution is -0.129. The standard InChI is InChI=1S/C27H22N4O12S2/c1-14-8-10-20(44(38,39)40)18(12-14)30-24(32)16(22(28-30)26(34)35)6-4-3-5-7-17-23(27(36)37)29-31(25(17)33)19-13-15(2)9-11-21(19)45(41,42)43/h3-13,28H,1-2H3,(H,34,35)(H,36,37)(H,38,39,40)(H,41,42,43)/p-2/b5-3+,6-4+,17-7-. The molecule has 2 heterocycles. The fourth-order valence-electron chi connectivity index (χ4n) is 4.21. The largest absolute Gasteiger partial charge is 0.744 e. The van der Waals surface area contributed by atoms with Gasteiger partial charge in [-0.05, 0) is 61.4 Å². The van der Waals surface area contributed by atoms with E-state index in [1.165, 1.54) is 30.3 Å². The highest BCUT2D eigenvalue weighted by molar-refractivity contribution is 7.86. The first-order valence-electron chi connectivity index (χ1n) is 12.4. The monoisotopic (exact) mass is 656 g/mol. The molecule has 4 rings (SSSR count). The van der Waals surface area contributed by atoms with Gasteiger partial charge in [-0.1, -0.05) is 30.4 Å². The van der Waals surface area contributed by atoms with Crippen LogP contribution in [0.15, 0.2) is 86.0 Å². The van der Waals surface area contributed by atoms with Crippen molar-refractivity contribution < 1.29 is 50.5 Å². The number of aromatic carboxylic acids is 1. The van der Waals surface area contributed by atoms with Gasteiger partial charge in [0.15, 0.2) is 11.4 Å². The number of hydrazone groups is 1. The zero-order valence-electron chi connectivity index (χ0n) is 23.0. The van der Waals surface area contributed by atoms with Crippen LogP contribution < -0.4 is 10.6 Å². The summed E-state index contributed by atoms with van der Waals surface area (Å²) in [4.78, 5) is 48.2. The van der Waals surface area contributed by atoms with E-state index in [-0.39, 0.29) is 0 Å². The molecule has 45 heavy (non-hydrogen) atoms. The van der Waals surface area contributed by atoms with Gasteiger partial charge >= 0.3 is 11.9 Å². The zero-order chi connectivity index (χ0) is 33.4. The molecule has 1 aliphatic rings. The Morgan fingerprint density at radius 1 is 0.844 bits per heavy atom. The number of aryl methyl sites for hydroxylation is 2. The summed E-state index contributed by atoms with van der Waals surface area (Å²) in [6, 6.07) is 6.94. The van der Waals surface area contributed by atoms with Gasteiger partial charge in [-0.25, -0.2) is 31.1 Å². The van der Waals surface area contributed by atoms with E-state index in [2.05, 4.69) is 10.2 Å². The number of aromatic nitrogens is 2. The highest BCUT2D eigenvalue weighted by atomic mass is 32.2. The summed E-state index contributed by atoms with van der Waals surface area (Å²) in [5, 5.41) is 25.6. The minimum atomic E-state index is -5.08. The number of carboxylic acid groups (broad SMARTS) is 2. The Kier molecular flexibility index (Phi) is 8.61. The maximum atomic E-state index is 13.1. The molecule has 234 valence electrons. The highest BCUT2D eigenvalue weighted by Gasteiger charge is 2.36. The van der Waals surface area contributed by atoms with Crippen LogP contribution in [-0.4, -0.2) is 69.5 Å². The van der Waals surface area contributed by atoms with Crippen LogP contribution in [0, 0.1) is 13.8 Å². The van der Waals surface area contributed by atoms with Gasteiger partial charge in [-0.2, -0.15) is 10.1 Å². The van der Waals surface area contributed by atoms with Crippen molar-refractivity contribution in [3.8, 4) is 5.69 Å². The minimum Gasteiger partial charge on any atom is -0.744 e. The summed E-state index contributed by atoms with van der Waals surface area (Å²) in [5.41, 5.74) is -3.33.